The highest BCUT2D eigenvalue weighted by Gasteiger charge is 2.52. The predicted molar refractivity (Wildman–Crippen MR) is 85.1 cm³/mol. The summed E-state index contributed by atoms with van der Waals surface area (Å²) in [7, 11) is 0. The van der Waals surface area contributed by atoms with Crippen LogP contribution in [0.15, 0.2) is 24.3 Å². The van der Waals surface area contributed by atoms with Crippen molar-refractivity contribution in [3.63, 3.8) is 0 Å². The summed E-state index contributed by atoms with van der Waals surface area (Å²) in [5.74, 6) is 0.567. The second-order valence-corrected chi connectivity index (χ2v) is 7.29. The SMILES string of the molecule is CC12CCC(=O)N1C(C(=O)Nc1ccc(CC#N)cc1)CS2. The maximum absolute atomic E-state index is 12.5. The Morgan fingerprint density at radius 2 is 2.23 bits per heavy atom. The molecule has 2 atom stereocenters. The molecule has 2 aliphatic rings. The molecule has 0 bridgehead atoms. The van der Waals surface area contributed by atoms with Crippen LogP contribution >= 0.6 is 11.8 Å². The fraction of sp³-hybridized carbons (Fsp3) is 0.438. The Labute approximate surface area is 133 Å². The number of carbonyl (C=O) groups is 2. The van der Waals surface area contributed by atoms with Crippen LogP contribution in [0.3, 0.4) is 0 Å². The lowest BCUT2D eigenvalue weighted by molar-refractivity contribution is -0.135. The van der Waals surface area contributed by atoms with Crippen molar-refractivity contribution >= 4 is 29.3 Å². The number of nitrogens with zero attached hydrogens (tertiary/aromatic N) is 2. The summed E-state index contributed by atoms with van der Waals surface area (Å²) in [5.41, 5.74) is 1.61. The van der Waals surface area contributed by atoms with Crippen LogP contribution in [0.1, 0.15) is 25.3 Å². The number of fused-ring (bicyclic) bond motifs is 1. The van der Waals surface area contributed by atoms with Crippen LogP contribution in [0.2, 0.25) is 0 Å². The van der Waals surface area contributed by atoms with E-state index in [-0.39, 0.29) is 16.7 Å². The van der Waals surface area contributed by atoms with Crippen molar-refractivity contribution in [2.75, 3.05) is 11.1 Å². The van der Waals surface area contributed by atoms with Gasteiger partial charge in [0.15, 0.2) is 0 Å². The smallest absolute Gasteiger partial charge is 0.248 e. The minimum Gasteiger partial charge on any atom is -0.324 e. The highest BCUT2D eigenvalue weighted by atomic mass is 32.2. The number of carbonyl (C=O) groups excluding carboxylic acids is 2. The first-order chi connectivity index (χ1) is 10.5. The molecule has 2 amide bonds. The molecule has 3 rings (SSSR count). The number of nitrogens with one attached hydrogen (secondary N) is 1. The maximum Gasteiger partial charge on any atom is 0.248 e. The molecule has 1 aromatic carbocycles. The molecule has 0 radical (unpaired) electrons. The zero-order valence-corrected chi connectivity index (χ0v) is 13.2. The predicted octanol–water partition coefficient (Wildman–Crippen LogP) is 2.15. The number of nitriles is 1. The van der Waals surface area contributed by atoms with Crippen molar-refractivity contribution in [3.05, 3.63) is 29.8 Å². The van der Waals surface area contributed by atoms with Gasteiger partial charge in [0.05, 0.1) is 17.4 Å². The summed E-state index contributed by atoms with van der Waals surface area (Å²) in [4.78, 5) is 26.1. The molecule has 2 aliphatic heterocycles. The summed E-state index contributed by atoms with van der Waals surface area (Å²) >= 11 is 1.68. The zero-order valence-electron chi connectivity index (χ0n) is 12.3. The number of anilines is 1. The third-order valence-corrected chi connectivity index (χ3v) is 5.76. The summed E-state index contributed by atoms with van der Waals surface area (Å²) in [6, 6.07) is 8.92. The number of benzene rings is 1. The maximum atomic E-state index is 12.5. The van der Waals surface area contributed by atoms with Crippen molar-refractivity contribution < 1.29 is 9.59 Å². The van der Waals surface area contributed by atoms with E-state index < -0.39 is 6.04 Å². The van der Waals surface area contributed by atoms with Crippen molar-refractivity contribution in [1.82, 2.24) is 4.90 Å². The molecule has 1 N–H and O–H groups in total. The lowest BCUT2D eigenvalue weighted by atomic mass is 10.1. The van der Waals surface area contributed by atoms with E-state index in [0.717, 1.165) is 12.0 Å². The first kappa shape index (κ1) is 14.9. The average Bonchev–Trinajstić information content (AvgIpc) is 2.98. The van der Waals surface area contributed by atoms with E-state index in [0.29, 0.717) is 24.3 Å². The standard InChI is InChI=1S/C16H17N3O2S/c1-16-8-6-14(20)19(16)13(10-22-16)15(21)18-12-4-2-11(3-5-12)7-9-17/h2-5,13H,6-8,10H2,1H3,(H,18,21). The number of rotatable bonds is 3. The largest absolute Gasteiger partial charge is 0.324 e. The monoisotopic (exact) mass is 315 g/mol. The van der Waals surface area contributed by atoms with Gasteiger partial charge in [-0.3, -0.25) is 9.59 Å². The normalized spacial score (nSPS) is 26.6. The van der Waals surface area contributed by atoms with Crippen molar-refractivity contribution in [2.45, 2.75) is 37.1 Å². The molecular weight excluding hydrogens is 298 g/mol. The lowest BCUT2D eigenvalue weighted by Crippen LogP contribution is -2.48. The van der Waals surface area contributed by atoms with E-state index in [4.69, 9.17) is 5.26 Å². The molecule has 6 heteroatoms. The second kappa shape index (κ2) is 5.65. The summed E-state index contributed by atoms with van der Waals surface area (Å²) in [5, 5.41) is 11.5. The van der Waals surface area contributed by atoms with E-state index in [1.54, 1.807) is 28.8 Å². The number of hydrogen-bond donors (Lipinski definition) is 1. The van der Waals surface area contributed by atoms with E-state index >= 15 is 0 Å². The first-order valence-corrected chi connectivity index (χ1v) is 8.25. The van der Waals surface area contributed by atoms with Gasteiger partial charge in [0, 0.05) is 17.9 Å². The number of amides is 2. The molecule has 5 nitrogen and oxygen atoms in total. The van der Waals surface area contributed by atoms with Gasteiger partial charge in [-0.15, -0.1) is 11.8 Å². The summed E-state index contributed by atoms with van der Waals surface area (Å²) in [6.07, 6.45) is 1.69. The van der Waals surface area contributed by atoms with Crippen LogP contribution in [-0.4, -0.2) is 33.4 Å². The third kappa shape index (κ3) is 2.57. The number of hydrogen-bond acceptors (Lipinski definition) is 4. The van der Waals surface area contributed by atoms with E-state index in [1.807, 2.05) is 19.1 Å². The summed E-state index contributed by atoms with van der Waals surface area (Å²) in [6.45, 7) is 2.03. The highest BCUT2D eigenvalue weighted by Crippen LogP contribution is 2.47. The van der Waals surface area contributed by atoms with Gasteiger partial charge in [-0.25, -0.2) is 0 Å². The van der Waals surface area contributed by atoms with E-state index in [9.17, 15) is 9.59 Å². The van der Waals surface area contributed by atoms with Gasteiger partial charge in [-0.05, 0) is 31.0 Å². The molecule has 2 heterocycles. The summed E-state index contributed by atoms with van der Waals surface area (Å²) < 4.78 is 0. The molecule has 114 valence electrons. The van der Waals surface area contributed by atoms with Crippen molar-refractivity contribution in [2.24, 2.45) is 0 Å². The number of thioether (sulfide) groups is 1. The topological polar surface area (TPSA) is 73.2 Å². The van der Waals surface area contributed by atoms with Gasteiger partial charge in [0.1, 0.15) is 6.04 Å². The molecular formula is C16H17N3O2S. The van der Waals surface area contributed by atoms with Gasteiger partial charge in [0.2, 0.25) is 11.8 Å². The Balaban J connectivity index is 1.70. The van der Waals surface area contributed by atoms with Gasteiger partial charge >= 0.3 is 0 Å². The molecule has 22 heavy (non-hydrogen) atoms. The van der Waals surface area contributed by atoms with Gasteiger partial charge < -0.3 is 10.2 Å². The Morgan fingerprint density at radius 3 is 2.91 bits per heavy atom. The lowest BCUT2D eigenvalue weighted by Gasteiger charge is -2.29. The minimum absolute atomic E-state index is 0.0667. The molecule has 0 spiro atoms. The van der Waals surface area contributed by atoms with Crippen LogP contribution in [0, 0.1) is 11.3 Å². The van der Waals surface area contributed by atoms with Gasteiger partial charge in [0.25, 0.3) is 0 Å². The minimum atomic E-state index is -0.399. The molecule has 0 aromatic heterocycles. The Kier molecular flexibility index (Phi) is 3.83. The molecule has 0 saturated carbocycles. The molecule has 2 unspecified atom stereocenters. The fourth-order valence-corrected chi connectivity index (χ4v) is 4.47. The fourth-order valence-electron chi connectivity index (χ4n) is 3.04. The Bertz CT molecular complexity index is 652. The van der Waals surface area contributed by atoms with Crippen LogP contribution < -0.4 is 5.32 Å². The zero-order chi connectivity index (χ0) is 15.7. The van der Waals surface area contributed by atoms with Crippen molar-refractivity contribution in [3.8, 4) is 6.07 Å². The van der Waals surface area contributed by atoms with Crippen LogP contribution in [0.5, 0.6) is 0 Å². The van der Waals surface area contributed by atoms with Crippen LogP contribution in [-0.2, 0) is 16.0 Å². The van der Waals surface area contributed by atoms with E-state index in [2.05, 4.69) is 11.4 Å². The Hall–Kier alpha value is -2.00. The van der Waals surface area contributed by atoms with E-state index in [1.165, 1.54) is 0 Å². The average molecular weight is 315 g/mol. The highest BCUT2D eigenvalue weighted by molar-refractivity contribution is 8.01. The third-order valence-electron chi connectivity index (χ3n) is 4.25. The molecule has 2 fully saturated rings. The van der Waals surface area contributed by atoms with Gasteiger partial charge in [-0.1, -0.05) is 12.1 Å². The Morgan fingerprint density at radius 1 is 1.50 bits per heavy atom. The molecule has 2 saturated heterocycles. The van der Waals surface area contributed by atoms with Crippen LogP contribution in [0.25, 0.3) is 0 Å². The molecule has 0 aliphatic carbocycles. The quantitative estimate of drug-likeness (QED) is 0.927. The first-order valence-electron chi connectivity index (χ1n) is 7.26. The van der Waals surface area contributed by atoms with Gasteiger partial charge in [-0.2, -0.15) is 5.26 Å². The second-order valence-electron chi connectivity index (χ2n) is 5.79. The van der Waals surface area contributed by atoms with Crippen molar-refractivity contribution in [1.29, 1.82) is 5.26 Å². The van der Waals surface area contributed by atoms with Crippen LogP contribution in [0.4, 0.5) is 5.69 Å². The molecule has 1 aromatic rings.